The minimum Gasteiger partial charge on any atom is -0.436 e. The Bertz CT molecular complexity index is 1100. The first kappa shape index (κ1) is 27.6. The molecule has 192 valence electrons. The molecule has 0 bridgehead atoms. The number of ether oxygens (including phenoxy) is 3. The van der Waals surface area contributed by atoms with Crippen LogP contribution in [-0.4, -0.2) is 41.1 Å². The third-order valence-electron chi connectivity index (χ3n) is 4.69. The summed E-state index contributed by atoms with van der Waals surface area (Å²) in [5, 5.41) is 15.7. The maximum atomic E-state index is 12.4. The highest BCUT2D eigenvalue weighted by atomic mass is 16.7. The van der Waals surface area contributed by atoms with Crippen LogP contribution in [0, 0.1) is 16.0 Å². The summed E-state index contributed by atoms with van der Waals surface area (Å²) in [6, 6.07) is 10.3. The molecule has 13 heteroatoms. The zero-order valence-electron chi connectivity index (χ0n) is 19.8. The van der Waals surface area contributed by atoms with Crippen molar-refractivity contribution in [2.45, 2.75) is 39.5 Å². The minimum absolute atomic E-state index is 0.0887. The number of rotatable bonds is 10. The summed E-state index contributed by atoms with van der Waals surface area (Å²) in [6.07, 6.45) is -3.22. The Hall–Kier alpha value is -4.68. The van der Waals surface area contributed by atoms with Crippen LogP contribution < -0.4 is 21.1 Å². The smallest absolute Gasteiger partial charge is 0.436 e. The van der Waals surface area contributed by atoms with Crippen molar-refractivity contribution in [2.24, 2.45) is 11.7 Å². The van der Waals surface area contributed by atoms with Crippen LogP contribution >= 0.6 is 0 Å². The van der Waals surface area contributed by atoms with Crippen molar-refractivity contribution in [3.05, 3.63) is 64.2 Å². The van der Waals surface area contributed by atoms with E-state index in [9.17, 15) is 29.3 Å². The summed E-state index contributed by atoms with van der Waals surface area (Å²) in [4.78, 5) is 57.6. The van der Waals surface area contributed by atoms with Gasteiger partial charge in [-0.15, -0.1) is 0 Å². The standard InChI is InChI=1S/C23H26N4O9/c1-13(2)19(36-22(24)30)21(29)25-14(3)20(28)26-16-6-4-15(5-7-16)12-34-23(31)35-18-10-8-17(9-11-18)27(32)33/h4-11,13-14,19H,12H2,1-3H3,(H2,24,30)(H,25,29)(H,26,28). The zero-order chi connectivity index (χ0) is 26.8. The second kappa shape index (κ2) is 12.7. The van der Waals surface area contributed by atoms with E-state index >= 15 is 0 Å². The summed E-state index contributed by atoms with van der Waals surface area (Å²) in [7, 11) is 0. The van der Waals surface area contributed by atoms with Crippen LogP contribution in [0.1, 0.15) is 26.3 Å². The number of hydrogen-bond acceptors (Lipinski definition) is 9. The Balaban J connectivity index is 1.83. The van der Waals surface area contributed by atoms with E-state index in [0.29, 0.717) is 11.3 Å². The fourth-order valence-corrected chi connectivity index (χ4v) is 2.82. The average Bonchev–Trinajstić information content (AvgIpc) is 2.82. The molecule has 0 saturated carbocycles. The molecule has 2 rings (SSSR count). The first-order chi connectivity index (χ1) is 17.0. The van der Waals surface area contributed by atoms with E-state index < -0.39 is 41.1 Å². The quantitative estimate of drug-likeness (QED) is 0.190. The molecule has 2 aromatic carbocycles. The SMILES string of the molecule is CC(NC(=O)C(OC(N)=O)C(C)C)C(=O)Nc1ccc(COC(=O)Oc2ccc([N+](=O)[O-])cc2)cc1. The Morgan fingerprint density at radius 3 is 2.11 bits per heavy atom. The molecule has 2 unspecified atom stereocenters. The van der Waals surface area contributed by atoms with E-state index in [1.54, 1.807) is 38.1 Å². The maximum absolute atomic E-state index is 12.4. The summed E-state index contributed by atoms with van der Waals surface area (Å²) < 4.78 is 14.8. The van der Waals surface area contributed by atoms with Crippen molar-refractivity contribution in [1.29, 1.82) is 0 Å². The molecular formula is C23H26N4O9. The van der Waals surface area contributed by atoms with Crippen molar-refractivity contribution < 1.29 is 38.3 Å². The van der Waals surface area contributed by atoms with Gasteiger partial charge in [0.2, 0.25) is 5.91 Å². The molecule has 2 atom stereocenters. The number of nitro benzene ring substituents is 1. The predicted molar refractivity (Wildman–Crippen MR) is 126 cm³/mol. The van der Waals surface area contributed by atoms with Crippen molar-refractivity contribution in [3.63, 3.8) is 0 Å². The average molecular weight is 502 g/mol. The normalized spacial score (nSPS) is 12.1. The monoisotopic (exact) mass is 502 g/mol. The van der Waals surface area contributed by atoms with Gasteiger partial charge in [-0.05, 0) is 42.7 Å². The van der Waals surface area contributed by atoms with Gasteiger partial charge in [-0.25, -0.2) is 9.59 Å². The Kier molecular flexibility index (Phi) is 9.72. The molecule has 0 saturated heterocycles. The van der Waals surface area contributed by atoms with Gasteiger partial charge in [0.05, 0.1) is 4.92 Å². The number of carbonyl (C=O) groups is 4. The van der Waals surface area contributed by atoms with Crippen LogP contribution in [0.3, 0.4) is 0 Å². The molecule has 2 aromatic rings. The van der Waals surface area contributed by atoms with Gasteiger partial charge in [0.15, 0.2) is 6.10 Å². The number of amides is 3. The molecule has 3 amide bonds. The highest BCUT2D eigenvalue weighted by Crippen LogP contribution is 2.18. The second-order valence-corrected chi connectivity index (χ2v) is 7.91. The lowest BCUT2D eigenvalue weighted by Crippen LogP contribution is -2.49. The van der Waals surface area contributed by atoms with Gasteiger partial charge in [0.25, 0.3) is 11.6 Å². The van der Waals surface area contributed by atoms with Gasteiger partial charge in [-0.3, -0.25) is 19.7 Å². The third kappa shape index (κ3) is 8.59. The van der Waals surface area contributed by atoms with Gasteiger partial charge >= 0.3 is 12.2 Å². The molecule has 0 spiro atoms. The molecule has 0 aliphatic carbocycles. The van der Waals surface area contributed by atoms with Gasteiger partial charge in [-0.2, -0.15) is 0 Å². The van der Waals surface area contributed by atoms with Crippen molar-refractivity contribution in [3.8, 4) is 5.75 Å². The lowest BCUT2D eigenvalue weighted by atomic mass is 10.1. The summed E-state index contributed by atoms with van der Waals surface area (Å²) in [5.74, 6) is -1.43. The van der Waals surface area contributed by atoms with Crippen LogP contribution in [0.2, 0.25) is 0 Å². The molecule has 0 fully saturated rings. The number of carbonyl (C=O) groups excluding carboxylic acids is 4. The largest absolute Gasteiger partial charge is 0.514 e. The molecule has 13 nitrogen and oxygen atoms in total. The molecule has 0 radical (unpaired) electrons. The van der Waals surface area contributed by atoms with Gasteiger partial charge < -0.3 is 30.6 Å². The Morgan fingerprint density at radius 1 is 0.972 bits per heavy atom. The number of non-ortho nitro benzene ring substituents is 1. The van der Waals surface area contributed by atoms with Crippen LogP contribution in [0.15, 0.2) is 48.5 Å². The Morgan fingerprint density at radius 2 is 1.58 bits per heavy atom. The number of primary amides is 1. The first-order valence-corrected chi connectivity index (χ1v) is 10.7. The first-order valence-electron chi connectivity index (χ1n) is 10.7. The number of benzene rings is 2. The van der Waals surface area contributed by atoms with E-state index in [0.717, 1.165) is 0 Å². The van der Waals surface area contributed by atoms with E-state index in [1.165, 1.54) is 31.2 Å². The Labute approximate surface area is 206 Å². The van der Waals surface area contributed by atoms with Crippen LogP contribution in [0.5, 0.6) is 5.75 Å². The molecule has 0 aliphatic heterocycles. The van der Waals surface area contributed by atoms with E-state index in [-0.39, 0.29) is 24.0 Å². The molecule has 4 N–H and O–H groups in total. The number of nitrogens with zero attached hydrogens (tertiary/aromatic N) is 1. The molecule has 0 heterocycles. The number of anilines is 1. The highest BCUT2D eigenvalue weighted by molar-refractivity contribution is 5.97. The van der Waals surface area contributed by atoms with Crippen LogP contribution in [0.4, 0.5) is 21.0 Å². The summed E-state index contributed by atoms with van der Waals surface area (Å²) in [6.45, 7) is 4.67. The maximum Gasteiger partial charge on any atom is 0.514 e. The fourth-order valence-electron chi connectivity index (χ4n) is 2.82. The minimum atomic E-state index is -1.14. The number of nitrogens with two attached hydrogens (primary N) is 1. The molecule has 36 heavy (non-hydrogen) atoms. The predicted octanol–water partition coefficient (Wildman–Crippen LogP) is 2.87. The van der Waals surface area contributed by atoms with Crippen molar-refractivity contribution in [2.75, 3.05) is 5.32 Å². The molecule has 0 aliphatic rings. The summed E-state index contributed by atoms with van der Waals surface area (Å²) in [5.41, 5.74) is 5.86. The topological polar surface area (TPSA) is 189 Å². The number of nitrogens with one attached hydrogen (secondary N) is 2. The third-order valence-corrected chi connectivity index (χ3v) is 4.69. The highest BCUT2D eigenvalue weighted by Gasteiger charge is 2.28. The number of hydrogen-bond donors (Lipinski definition) is 3. The lowest BCUT2D eigenvalue weighted by molar-refractivity contribution is -0.384. The van der Waals surface area contributed by atoms with Crippen LogP contribution in [0.25, 0.3) is 0 Å². The van der Waals surface area contributed by atoms with Crippen molar-refractivity contribution >= 4 is 35.4 Å². The van der Waals surface area contributed by atoms with Gasteiger partial charge in [-0.1, -0.05) is 26.0 Å². The zero-order valence-corrected chi connectivity index (χ0v) is 19.8. The van der Waals surface area contributed by atoms with E-state index in [1.807, 2.05) is 0 Å². The van der Waals surface area contributed by atoms with Gasteiger partial charge in [0.1, 0.15) is 18.4 Å². The second-order valence-electron chi connectivity index (χ2n) is 7.91. The van der Waals surface area contributed by atoms with E-state index in [2.05, 4.69) is 10.6 Å². The molecular weight excluding hydrogens is 476 g/mol. The lowest BCUT2D eigenvalue weighted by Gasteiger charge is -2.22. The fraction of sp³-hybridized carbons (Fsp3) is 0.304. The molecule has 0 aromatic heterocycles. The van der Waals surface area contributed by atoms with Gasteiger partial charge in [0, 0.05) is 17.8 Å². The van der Waals surface area contributed by atoms with E-state index in [4.69, 9.17) is 19.9 Å². The summed E-state index contributed by atoms with van der Waals surface area (Å²) >= 11 is 0. The van der Waals surface area contributed by atoms with Crippen molar-refractivity contribution in [1.82, 2.24) is 5.32 Å². The van der Waals surface area contributed by atoms with Crippen LogP contribution in [-0.2, 0) is 25.7 Å². The number of nitro groups is 1.